The van der Waals surface area contributed by atoms with E-state index in [9.17, 15) is 9.90 Å². The second-order valence-electron chi connectivity index (χ2n) is 8.18. The quantitative estimate of drug-likeness (QED) is 0.767. The molecule has 1 N–H and O–H groups in total. The Balaban J connectivity index is 1.74. The van der Waals surface area contributed by atoms with Gasteiger partial charge in [0.15, 0.2) is 0 Å². The van der Waals surface area contributed by atoms with Crippen molar-refractivity contribution < 1.29 is 9.90 Å². The molecule has 2 saturated carbocycles. The van der Waals surface area contributed by atoms with E-state index in [1.165, 1.54) is 23.1 Å². The van der Waals surface area contributed by atoms with Crippen molar-refractivity contribution in [2.75, 3.05) is 0 Å². The molecule has 0 saturated heterocycles. The average molecular weight is 333 g/mol. The third-order valence-corrected chi connectivity index (χ3v) is 7.70. The van der Waals surface area contributed by atoms with E-state index in [4.69, 9.17) is 11.6 Å². The largest absolute Gasteiger partial charge is 0.481 e. The summed E-state index contributed by atoms with van der Waals surface area (Å²) in [6.45, 7) is 4.44. The van der Waals surface area contributed by atoms with Gasteiger partial charge in [0.1, 0.15) is 0 Å². The Labute approximate surface area is 143 Å². The van der Waals surface area contributed by atoms with Crippen molar-refractivity contribution in [3.63, 3.8) is 0 Å². The van der Waals surface area contributed by atoms with Crippen molar-refractivity contribution in [1.82, 2.24) is 0 Å². The zero-order valence-electron chi connectivity index (χ0n) is 13.9. The van der Waals surface area contributed by atoms with E-state index in [0.29, 0.717) is 17.8 Å². The van der Waals surface area contributed by atoms with Crippen molar-refractivity contribution in [1.29, 1.82) is 0 Å². The molecule has 2 fully saturated rings. The molecule has 3 heteroatoms. The molecule has 0 heterocycles. The van der Waals surface area contributed by atoms with Crippen molar-refractivity contribution in [3.8, 4) is 0 Å². The van der Waals surface area contributed by atoms with Gasteiger partial charge < -0.3 is 5.11 Å². The van der Waals surface area contributed by atoms with Crippen molar-refractivity contribution in [2.24, 2.45) is 23.2 Å². The normalized spacial score (nSPS) is 38.6. The molecule has 2 nitrogen and oxygen atoms in total. The molecule has 3 aliphatic carbocycles. The number of aliphatic carboxylic acids is 1. The van der Waals surface area contributed by atoms with Crippen LogP contribution in [0.15, 0.2) is 12.1 Å². The number of carboxylic acids is 1. The van der Waals surface area contributed by atoms with E-state index in [0.717, 1.165) is 37.1 Å². The van der Waals surface area contributed by atoms with Crippen LogP contribution in [0.4, 0.5) is 0 Å². The van der Waals surface area contributed by atoms with Gasteiger partial charge in [-0.3, -0.25) is 4.79 Å². The van der Waals surface area contributed by atoms with Gasteiger partial charge in [-0.2, -0.15) is 0 Å². The van der Waals surface area contributed by atoms with Gasteiger partial charge >= 0.3 is 5.97 Å². The highest BCUT2D eigenvalue weighted by atomic mass is 35.5. The van der Waals surface area contributed by atoms with Crippen molar-refractivity contribution in [2.45, 2.75) is 58.3 Å². The summed E-state index contributed by atoms with van der Waals surface area (Å²) in [6.07, 6.45) is 6.36. The molecule has 0 aliphatic heterocycles. The molecule has 23 heavy (non-hydrogen) atoms. The van der Waals surface area contributed by atoms with Gasteiger partial charge in [-0.05, 0) is 91.4 Å². The monoisotopic (exact) mass is 332 g/mol. The summed E-state index contributed by atoms with van der Waals surface area (Å²) in [7, 11) is 0. The third-order valence-electron chi connectivity index (χ3n) is 7.37. The van der Waals surface area contributed by atoms with Gasteiger partial charge in [0.2, 0.25) is 0 Å². The molecule has 5 atom stereocenters. The maximum Gasteiger partial charge on any atom is 0.307 e. The number of halogens is 1. The Morgan fingerprint density at radius 2 is 2.04 bits per heavy atom. The van der Waals surface area contributed by atoms with Crippen LogP contribution >= 0.6 is 11.6 Å². The number of carboxylic acid groups (broad SMARTS) is 1. The van der Waals surface area contributed by atoms with Crippen LogP contribution in [-0.2, 0) is 11.2 Å². The molecule has 1 aromatic rings. The van der Waals surface area contributed by atoms with E-state index in [-0.39, 0.29) is 11.3 Å². The van der Waals surface area contributed by atoms with Crippen LogP contribution in [0.3, 0.4) is 0 Å². The highest BCUT2D eigenvalue weighted by Gasteiger charge is 2.57. The van der Waals surface area contributed by atoms with Crippen molar-refractivity contribution >= 4 is 17.6 Å². The summed E-state index contributed by atoms with van der Waals surface area (Å²) in [4.78, 5) is 11.7. The number of hydrogen-bond donors (Lipinski definition) is 1. The number of aryl methyl sites for hydroxylation is 1. The molecule has 4 rings (SSSR count). The lowest BCUT2D eigenvalue weighted by atomic mass is 9.54. The van der Waals surface area contributed by atoms with Gasteiger partial charge in [-0.15, -0.1) is 0 Å². The molecule has 0 spiro atoms. The first-order valence-corrected chi connectivity index (χ1v) is 9.32. The molecule has 124 valence electrons. The van der Waals surface area contributed by atoms with Crippen LogP contribution in [0.25, 0.3) is 0 Å². The van der Waals surface area contributed by atoms with Gasteiger partial charge in [-0.25, -0.2) is 0 Å². The number of fused-ring (bicyclic) bond motifs is 5. The van der Waals surface area contributed by atoms with Gasteiger partial charge in [0.05, 0.1) is 5.92 Å². The van der Waals surface area contributed by atoms with Gasteiger partial charge in [-0.1, -0.05) is 24.6 Å². The SMILES string of the molecule is Cc1ccc(Cl)c2c1CC[C@@H]1[C@@H]2CC[C@]2(C)[C@@H](C(=O)O)CC[C@@H]12. The summed E-state index contributed by atoms with van der Waals surface area (Å²) < 4.78 is 0. The van der Waals surface area contributed by atoms with E-state index in [1.54, 1.807) is 0 Å². The lowest BCUT2D eigenvalue weighted by Crippen LogP contribution is -2.44. The summed E-state index contributed by atoms with van der Waals surface area (Å²) in [5, 5.41) is 10.6. The topological polar surface area (TPSA) is 37.3 Å². The Bertz CT molecular complexity index is 668. The molecular formula is C20H25ClO2. The minimum atomic E-state index is -0.585. The Morgan fingerprint density at radius 3 is 2.78 bits per heavy atom. The van der Waals surface area contributed by atoms with Crippen LogP contribution in [0.2, 0.25) is 5.02 Å². The first-order valence-electron chi connectivity index (χ1n) is 8.94. The smallest absolute Gasteiger partial charge is 0.307 e. The lowest BCUT2D eigenvalue weighted by Gasteiger charge is -2.50. The van der Waals surface area contributed by atoms with Gasteiger partial charge in [0, 0.05) is 5.02 Å². The fourth-order valence-electron chi connectivity index (χ4n) is 6.24. The van der Waals surface area contributed by atoms with E-state index in [2.05, 4.69) is 26.0 Å². The summed E-state index contributed by atoms with van der Waals surface area (Å²) >= 11 is 6.60. The number of benzene rings is 1. The predicted molar refractivity (Wildman–Crippen MR) is 91.9 cm³/mol. The Hall–Kier alpha value is -1.02. The predicted octanol–water partition coefficient (Wildman–Crippen LogP) is 5.21. The summed E-state index contributed by atoms with van der Waals surface area (Å²) in [6, 6.07) is 4.20. The fraction of sp³-hybridized carbons (Fsp3) is 0.650. The van der Waals surface area contributed by atoms with Gasteiger partial charge in [0.25, 0.3) is 0 Å². The molecule has 0 bridgehead atoms. The Morgan fingerprint density at radius 1 is 1.26 bits per heavy atom. The first-order chi connectivity index (χ1) is 10.9. The second kappa shape index (κ2) is 5.24. The summed E-state index contributed by atoms with van der Waals surface area (Å²) in [5.41, 5.74) is 4.21. The average Bonchev–Trinajstić information content (AvgIpc) is 2.88. The maximum absolute atomic E-state index is 11.7. The minimum Gasteiger partial charge on any atom is -0.481 e. The maximum atomic E-state index is 11.7. The zero-order valence-corrected chi connectivity index (χ0v) is 14.7. The molecule has 3 aliphatic rings. The molecule has 0 radical (unpaired) electrons. The molecule has 1 aromatic carbocycles. The molecular weight excluding hydrogens is 308 g/mol. The van der Waals surface area contributed by atoms with Crippen LogP contribution in [0.1, 0.15) is 61.6 Å². The highest BCUT2D eigenvalue weighted by Crippen LogP contribution is 2.63. The zero-order chi connectivity index (χ0) is 16.4. The van der Waals surface area contributed by atoms with Crippen LogP contribution in [0.5, 0.6) is 0 Å². The molecule has 0 aromatic heterocycles. The first kappa shape index (κ1) is 15.5. The third kappa shape index (κ3) is 2.10. The molecule has 0 amide bonds. The van der Waals surface area contributed by atoms with Crippen LogP contribution in [-0.4, -0.2) is 11.1 Å². The molecule has 0 unspecified atom stereocenters. The fourth-order valence-corrected chi connectivity index (χ4v) is 6.56. The number of hydrogen-bond acceptors (Lipinski definition) is 1. The lowest BCUT2D eigenvalue weighted by molar-refractivity contribution is -0.147. The highest BCUT2D eigenvalue weighted by molar-refractivity contribution is 6.31. The number of carbonyl (C=O) groups is 1. The minimum absolute atomic E-state index is 0.0131. The number of rotatable bonds is 1. The standard InChI is InChI=1S/C20H25ClO2/c1-11-3-8-17(21)18-12(11)4-5-13-14(18)9-10-20(2)15(13)6-7-16(20)19(22)23/h3,8,13-16H,4-7,9-10H2,1-2H3,(H,22,23)/t13-,14+,15+,16-,20+/m1/s1. The van der Waals surface area contributed by atoms with Crippen molar-refractivity contribution in [3.05, 3.63) is 33.8 Å². The summed E-state index contributed by atoms with van der Waals surface area (Å²) in [5.74, 6) is 0.968. The van der Waals surface area contributed by atoms with E-state index >= 15 is 0 Å². The van der Waals surface area contributed by atoms with E-state index < -0.39 is 5.97 Å². The Kier molecular flexibility index (Phi) is 3.53. The second-order valence-corrected chi connectivity index (χ2v) is 8.59. The van der Waals surface area contributed by atoms with Crippen LogP contribution < -0.4 is 0 Å². The van der Waals surface area contributed by atoms with E-state index in [1.807, 2.05) is 0 Å². The van der Waals surface area contributed by atoms with Crippen LogP contribution in [0, 0.1) is 30.1 Å².